The first-order chi connectivity index (χ1) is 10.1. The van der Waals surface area contributed by atoms with E-state index in [2.05, 4.69) is 12.2 Å². The summed E-state index contributed by atoms with van der Waals surface area (Å²) in [6.07, 6.45) is 1.47. The van der Waals surface area contributed by atoms with Gasteiger partial charge in [0, 0.05) is 12.2 Å². The summed E-state index contributed by atoms with van der Waals surface area (Å²) in [5, 5.41) is 12.6. The zero-order valence-electron chi connectivity index (χ0n) is 12.1. The fourth-order valence-electron chi connectivity index (χ4n) is 3.30. The Labute approximate surface area is 123 Å². The summed E-state index contributed by atoms with van der Waals surface area (Å²) in [5.41, 5.74) is 1.80. The van der Waals surface area contributed by atoms with E-state index < -0.39 is 11.9 Å². The van der Waals surface area contributed by atoms with Crippen LogP contribution in [0.15, 0.2) is 24.3 Å². The fourth-order valence-corrected chi connectivity index (χ4v) is 3.30. The number of hydrogen-bond acceptors (Lipinski definition) is 3. The average Bonchev–Trinajstić information content (AvgIpc) is 2.91. The number of nitrogens with one attached hydrogen (secondary N) is 1. The van der Waals surface area contributed by atoms with Gasteiger partial charge < -0.3 is 15.3 Å². The molecule has 5 heteroatoms. The minimum absolute atomic E-state index is 0.00148. The minimum Gasteiger partial charge on any atom is -0.481 e. The van der Waals surface area contributed by atoms with Crippen molar-refractivity contribution in [3.63, 3.8) is 0 Å². The van der Waals surface area contributed by atoms with Crippen LogP contribution in [-0.2, 0) is 16.0 Å². The molecule has 0 aliphatic carbocycles. The third-order valence-electron chi connectivity index (χ3n) is 4.57. The Kier molecular flexibility index (Phi) is 3.68. The van der Waals surface area contributed by atoms with Crippen molar-refractivity contribution >= 4 is 17.6 Å². The van der Waals surface area contributed by atoms with Crippen LogP contribution in [0.1, 0.15) is 18.9 Å². The molecule has 2 N–H and O–H groups in total. The third-order valence-corrected chi connectivity index (χ3v) is 4.57. The summed E-state index contributed by atoms with van der Waals surface area (Å²) in [6, 6.07) is 7.40. The van der Waals surface area contributed by atoms with Crippen molar-refractivity contribution < 1.29 is 14.7 Å². The van der Waals surface area contributed by atoms with Crippen LogP contribution in [0.5, 0.6) is 0 Å². The number of amides is 1. The molecule has 1 aromatic rings. The minimum atomic E-state index is -0.838. The summed E-state index contributed by atoms with van der Waals surface area (Å²) >= 11 is 0. The molecule has 2 aliphatic rings. The fraction of sp³-hybridized carbons (Fsp3) is 0.500. The summed E-state index contributed by atoms with van der Waals surface area (Å²) in [7, 11) is 0. The summed E-state index contributed by atoms with van der Waals surface area (Å²) < 4.78 is 0. The van der Waals surface area contributed by atoms with Crippen molar-refractivity contribution in [1.29, 1.82) is 0 Å². The quantitative estimate of drug-likeness (QED) is 0.860. The maximum absolute atomic E-state index is 12.8. The van der Waals surface area contributed by atoms with E-state index in [1.165, 1.54) is 0 Å². The number of fused-ring (bicyclic) bond motifs is 1. The van der Waals surface area contributed by atoms with E-state index in [0.29, 0.717) is 6.42 Å². The zero-order chi connectivity index (χ0) is 15.0. The van der Waals surface area contributed by atoms with Crippen molar-refractivity contribution in [2.45, 2.75) is 25.8 Å². The second kappa shape index (κ2) is 5.48. The number of hydrogen-bond donors (Lipinski definition) is 2. The van der Waals surface area contributed by atoms with Crippen LogP contribution in [0.3, 0.4) is 0 Å². The number of carbonyl (C=O) groups excluding carboxylic acids is 1. The van der Waals surface area contributed by atoms with Crippen LogP contribution < -0.4 is 10.2 Å². The predicted octanol–water partition coefficient (Wildman–Crippen LogP) is 1.27. The first-order valence-electron chi connectivity index (χ1n) is 7.43. The molecular formula is C16H20N2O3. The largest absolute Gasteiger partial charge is 0.481 e. The zero-order valence-corrected chi connectivity index (χ0v) is 12.1. The lowest BCUT2D eigenvalue weighted by molar-refractivity contribution is -0.141. The van der Waals surface area contributed by atoms with Gasteiger partial charge in [0.25, 0.3) is 0 Å². The highest BCUT2D eigenvalue weighted by Gasteiger charge is 2.38. The van der Waals surface area contributed by atoms with Crippen molar-refractivity contribution in [3.8, 4) is 0 Å². The van der Waals surface area contributed by atoms with Gasteiger partial charge >= 0.3 is 5.97 Å². The number of nitrogens with zero attached hydrogens (tertiary/aromatic N) is 1. The molecule has 0 aromatic heterocycles. The first kappa shape index (κ1) is 14.1. The molecule has 0 bridgehead atoms. The van der Waals surface area contributed by atoms with E-state index in [1.807, 2.05) is 24.3 Å². The maximum atomic E-state index is 12.8. The Morgan fingerprint density at radius 1 is 1.33 bits per heavy atom. The molecule has 112 valence electrons. The number of para-hydroxylation sites is 1. The highest BCUT2D eigenvalue weighted by molar-refractivity contribution is 5.99. The van der Waals surface area contributed by atoms with Gasteiger partial charge in [0.05, 0.1) is 12.0 Å². The Morgan fingerprint density at radius 3 is 2.76 bits per heavy atom. The van der Waals surface area contributed by atoms with Crippen LogP contribution in [0.4, 0.5) is 5.69 Å². The molecule has 1 fully saturated rings. The molecule has 0 spiro atoms. The van der Waals surface area contributed by atoms with Gasteiger partial charge in [-0.05, 0) is 36.9 Å². The summed E-state index contributed by atoms with van der Waals surface area (Å²) in [4.78, 5) is 25.8. The highest BCUT2D eigenvalue weighted by atomic mass is 16.4. The summed E-state index contributed by atoms with van der Waals surface area (Å²) in [5.74, 6) is -1.08. The molecule has 3 rings (SSSR count). The Balaban J connectivity index is 1.92. The Morgan fingerprint density at radius 2 is 2.10 bits per heavy atom. The lowest BCUT2D eigenvalue weighted by Crippen LogP contribution is -2.50. The number of aliphatic carboxylic acids is 1. The molecule has 5 nitrogen and oxygen atoms in total. The van der Waals surface area contributed by atoms with Crippen molar-refractivity contribution in [1.82, 2.24) is 5.32 Å². The second-order valence-electron chi connectivity index (χ2n) is 6.01. The average molecular weight is 288 g/mol. The monoisotopic (exact) mass is 288 g/mol. The van der Waals surface area contributed by atoms with Crippen molar-refractivity contribution in [2.24, 2.45) is 11.8 Å². The van der Waals surface area contributed by atoms with Gasteiger partial charge in [-0.1, -0.05) is 25.1 Å². The lowest BCUT2D eigenvalue weighted by Gasteiger charge is -2.35. The van der Waals surface area contributed by atoms with E-state index in [1.54, 1.807) is 4.90 Å². The molecule has 1 saturated heterocycles. The lowest BCUT2D eigenvalue weighted by atomic mass is 9.91. The Bertz CT molecular complexity index is 572. The van der Waals surface area contributed by atoms with Gasteiger partial charge in [-0.25, -0.2) is 0 Å². The number of carbonyl (C=O) groups is 2. The van der Waals surface area contributed by atoms with Crippen LogP contribution >= 0.6 is 0 Å². The van der Waals surface area contributed by atoms with Crippen LogP contribution in [0, 0.1) is 11.8 Å². The van der Waals surface area contributed by atoms with Crippen LogP contribution in [-0.4, -0.2) is 36.1 Å². The molecule has 0 saturated carbocycles. The Hall–Kier alpha value is -1.88. The standard InChI is InChI=1S/C16H20N2O3/c1-10-6-7-17-14(10)15(19)18-9-12(16(20)21)8-11-4-2-3-5-13(11)18/h2-5,10,12,14,17H,6-9H2,1H3,(H,20,21). The smallest absolute Gasteiger partial charge is 0.308 e. The molecule has 1 aromatic carbocycles. The SMILES string of the molecule is CC1CCNC1C(=O)N1CC(C(=O)O)Cc2ccccc21. The van der Waals surface area contributed by atoms with Crippen LogP contribution in [0.25, 0.3) is 0 Å². The molecule has 2 aliphatic heterocycles. The molecule has 0 radical (unpaired) electrons. The topological polar surface area (TPSA) is 69.6 Å². The van der Waals surface area contributed by atoms with E-state index in [0.717, 1.165) is 24.2 Å². The van der Waals surface area contributed by atoms with Gasteiger partial charge in [0.1, 0.15) is 0 Å². The van der Waals surface area contributed by atoms with Gasteiger partial charge in [0.15, 0.2) is 0 Å². The number of carboxylic acid groups (broad SMARTS) is 1. The summed E-state index contributed by atoms with van der Waals surface area (Å²) in [6.45, 7) is 3.17. The predicted molar refractivity (Wildman–Crippen MR) is 79.2 cm³/mol. The number of rotatable bonds is 2. The molecule has 21 heavy (non-hydrogen) atoms. The van der Waals surface area contributed by atoms with Crippen LogP contribution in [0.2, 0.25) is 0 Å². The number of anilines is 1. The molecule has 3 unspecified atom stereocenters. The first-order valence-corrected chi connectivity index (χ1v) is 7.43. The van der Waals surface area contributed by atoms with Gasteiger partial charge in [-0.15, -0.1) is 0 Å². The normalized spacial score (nSPS) is 28.2. The molecule has 2 heterocycles. The van der Waals surface area contributed by atoms with E-state index in [4.69, 9.17) is 0 Å². The maximum Gasteiger partial charge on any atom is 0.308 e. The van der Waals surface area contributed by atoms with Gasteiger partial charge in [0.2, 0.25) is 5.91 Å². The third kappa shape index (κ3) is 2.53. The second-order valence-corrected chi connectivity index (χ2v) is 6.01. The molecule has 3 atom stereocenters. The number of carboxylic acids is 1. The number of benzene rings is 1. The van der Waals surface area contributed by atoms with E-state index in [-0.39, 0.29) is 24.4 Å². The van der Waals surface area contributed by atoms with Gasteiger partial charge in [-0.3, -0.25) is 9.59 Å². The highest BCUT2D eigenvalue weighted by Crippen LogP contribution is 2.31. The molecule has 1 amide bonds. The molecular weight excluding hydrogens is 268 g/mol. The van der Waals surface area contributed by atoms with Gasteiger partial charge in [-0.2, -0.15) is 0 Å². The van der Waals surface area contributed by atoms with E-state index in [9.17, 15) is 14.7 Å². The van der Waals surface area contributed by atoms with E-state index >= 15 is 0 Å². The van der Waals surface area contributed by atoms with Crippen molar-refractivity contribution in [3.05, 3.63) is 29.8 Å². The van der Waals surface area contributed by atoms with Crippen molar-refractivity contribution in [2.75, 3.05) is 18.0 Å².